The fraction of sp³-hybridized carbons (Fsp3) is 0.0250. The molecule has 4 aliphatic rings. The van der Waals surface area contributed by atoms with E-state index in [2.05, 4.69) is 326 Å². The third kappa shape index (κ3) is 6.27. The molecule has 0 saturated carbocycles. The van der Waals surface area contributed by atoms with Crippen molar-refractivity contribution in [2.24, 2.45) is 0 Å². The van der Waals surface area contributed by atoms with Gasteiger partial charge in [0.05, 0.1) is 10.8 Å². The molecule has 0 atom stereocenters. The summed E-state index contributed by atoms with van der Waals surface area (Å²) in [6, 6.07) is 122. The van der Waals surface area contributed by atoms with Crippen LogP contribution in [0.25, 0.3) is 55.6 Å². The van der Waals surface area contributed by atoms with E-state index in [-0.39, 0.29) is 0 Å². The smallest absolute Gasteiger partial charge is 0.180 e. The Morgan fingerprint density at radius 3 is 1.11 bits per heavy atom. The van der Waals surface area contributed by atoms with Gasteiger partial charge in [0.25, 0.3) is 0 Å². The molecule has 1 nitrogen and oxygen atoms in total. The summed E-state index contributed by atoms with van der Waals surface area (Å²) in [5.41, 5.74) is 25.8. The molecule has 382 valence electrons. The van der Waals surface area contributed by atoms with Crippen LogP contribution in [0.2, 0.25) is 0 Å². The molecule has 0 aromatic heterocycles. The van der Waals surface area contributed by atoms with Crippen LogP contribution in [0.1, 0.15) is 44.5 Å². The van der Waals surface area contributed by atoms with Gasteiger partial charge in [-0.2, -0.15) is 0 Å². The maximum atomic E-state index is 2.53. The molecule has 1 spiro atoms. The van der Waals surface area contributed by atoms with Gasteiger partial charge in [0, 0.05) is 17.1 Å². The van der Waals surface area contributed by atoms with Crippen LogP contribution in [0.5, 0.6) is 0 Å². The van der Waals surface area contributed by atoms with E-state index in [1.54, 1.807) is 0 Å². The zero-order valence-corrected chi connectivity index (χ0v) is 46.0. The summed E-state index contributed by atoms with van der Waals surface area (Å²) in [6.45, 7) is 0. The second-order valence-electron chi connectivity index (χ2n) is 22.5. The molecular formula is C80H53NSi. The summed E-state index contributed by atoms with van der Waals surface area (Å²) < 4.78 is 0. The zero-order valence-electron chi connectivity index (χ0n) is 45.0. The first-order valence-corrected chi connectivity index (χ1v) is 30.7. The third-order valence-electron chi connectivity index (χ3n) is 18.9. The lowest BCUT2D eigenvalue weighted by atomic mass is 9.67. The van der Waals surface area contributed by atoms with Crippen molar-refractivity contribution in [2.75, 3.05) is 4.90 Å². The van der Waals surface area contributed by atoms with Gasteiger partial charge in [-0.15, -0.1) is 0 Å². The number of hydrogen-bond acceptors (Lipinski definition) is 1. The Morgan fingerprint density at radius 2 is 0.585 bits per heavy atom. The molecule has 0 N–H and O–H groups in total. The lowest BCUT2D eigenvalue weighted by molar-refractivity contribution is 0.768. The van der Waals surface area contributed by atoms with Crippen LogP contribution < -0.4 is 25.6 Å². The Morgan fingerprint density at radius 1 is 0.220 bits per heavy atom. The molecule has 2 heteroatoms. The van der Waals surface area contributed by atoms with E-state index in [1.807, 2.05) is 0 Å². The number of hydrogen-bond donors (Lipinski definition) is 0. The molecule has 1 heterocycles. The highest BCUT2D eigenvalue weighted by atomic mass is 28.3. The first-order valence-electron chi connectivity index (χ1n) is 28.7. The molecule has 0 fully saturated rings. The Kier molecular flexibility index (Phi) is 10.2. The van der Waals surface area contributed by atoms with Gasteiger partial charge in [0.1, 0.15) is 0 Å². The van der Waals surface area contributed by atoms with Crippen molar-refractivity contribution in [3.8, 4) is 55.6 Å². The summed E-state index contributed by atoms with van der Waals surface area (Å²) in [5.74, 6) is 0. The Labute approximate surface area is 480 Å². The lowest BCUT2D eigenvalue weighted by Crippen LogP contribution is -2.72. The normalized spacial score (nSPS) is 14.4. The van der Waals surface area contributed by atoms with E-state index >= 15 is 0 Å². The number of rotatable bonds is 8. The molecule has 17 rings (SSSR count). The molecule has 0 radical (unpaired) electrons. The molecule has 82 heavy (non-hydrogen) atoms. The molecule has 0 amide bonds. The molecule has 13 aromatic carbocycles. The van der Waals surface area contributed by atoms with E-state index < -0.39 is 18.9 Å². The van der Waals surface area contributed by atoms with Crippen molar-refractivity contribution in [3.63, 3.8) is 0 Å². The Hall–Kier alpha value is -10.1. The average Bonchev–Trinajstić information content (AvgIpc) is 1.68. The van der Waals surface area contributed by atoms with Crippen LogP contribution in [-0.2, 0) is 10.8 Å². The molecular weight excluding hydrogens is 1000 g/mol. The average molecular weight is 1060 g/mol. The van der Waals surface area contributed by atoms with Gasteiger partial charge in [-0.25, -0.2) is 0 Å². The van der Waals surface area contributed by atoms with Crippen molar-refractivity contribution in [3.05, 3.63) is 366 Å². The van der Waals surface area contributed by atoms with Gasteiger partial charge in [-0.3, -0.25) is 0 Å². The molecule has 13 aromatic rings. The number of fused-ring (bicyclic) bond motifs is 16. The van der Waals surface area contributed by atoms with Crippen molar-refractivity contribution < 1.29 is 0 Å². The largest absolute Gasteiger partial charge is 0.310 e. The van der Waals surface area contributed by atoms with Gasteiger partial charge in [-0.1, -0.05) is 285 Å². The van der Waals surface area contributed by atoms with E-state index in [1.165, 1.54) is 121 Å². The predicted octanol–water partition coefficient (Wildman–Crippen LogP) is 16.9. The topological polar surface area (TPSA) is 3.24 Å². The number of benzene rings is 13. The number of anilines is 3. The van der Waals surface area contributed by atoms with Crippen LogP contribution in [0.15, 0.2) is 322 Å². The van der Waals surface area contributed by atoms with E-state index in [9.17, 15) is 0 Å². The van der Waals surface area contributed by atoms with E-state index in [0.29, 0.717) is 0 Å². The lowest BCUT2D eigenvalue weighted by Gasteiger charge is -2.34. The summed E-state index contributed by atoms with van der Waals surface area (Å²) in [4.78, 5) is 2.51. The minimum absolute atomic E-state index is 0.429. The fourth-order valence-electron chi connectivity index (χ4n) is 15.7. The molecule has 0 saturated heterocycles. The fourth-order valence-corrected chi connectivity index (χ4v) is 20.9. The highest BCUT2D eigenvalue weighted by Gasteiger charge is 2.52. The minimum Gasteiger partial charge on any atom is -0.310 e. The summed E-state index contributed by atoms with van der Waals surface area (Å²) in [7, 11) is -2.82. The third-order valence-corrected chi connectivity index (χ3v) is 23.7. The maximum absolute atomic E-state index is 2.82. The van der Waals surface area contributed by atoms with Crippen LogP contribution in [0.4, 0.5) is 17.1 Å². The molecule has 0 unspecified atom stereocenters. The Bertz CT molecular complexity index is 4550. The van der Waals surface area contributed by atoms with Crippen LogP contribution in [0, 0.1) is 0 Å². The second-order valence-corrected chi connectivity index (χ2v) is 26.3. The van der Waals surface area contributed by atoms with Crippen LogP contribution >= 0.6 is 0 Å². The van der Waals surface area contributed by atoms with Crippen molar-refractivity contribution in [1.29, 1.82) is 0 Å². The predicted molar refractivity (Wildman–Crippen MR) is 343 cm³/mol. The first kappa shape index (κ1) is 46.8. The van der Waals surface area contributed by atoms with Gasteiger partial charge >= 0.3 is 0 Å². The molecule has 3 aliphatic carbocycles. The first-order chi connectivity index (χ1) is 40.7. The maximum Gasteiger partial charge on any atom is 0.180 e. The SMILES string of the molecule is c1ccc(C2(c3ccc(-c4ccc(N(c5cccc([Si]6(c7ccccc7)c7ccccc7-c7ccccc76)c5)c5ccc6c(c5)-c5ccccc5C65c6ccccc6-c6ccccc65)cc4)cc3)c3ccccc3-c3ccccc32)cc1. The van der Waals surface area contributed by atoms with Gasteiger partial charge < -0.3 is 4.90 Å². The Balaban J connectivity index is 0.839. The summed E-state index contributed by atoms with van der Waals surface area (Å²) in [6.07, 6.45) is 0. The van der Waals surface area contributed by atoms with E-state index in [0.717, 1.165) is 17.1 Å². The summed E-state index contributed by atoms with van der Waals surface area (Å²) in [5, 5.41) is 5.63. The van der Waals surface area contributed by atoms with Crippen molar-refractivity contribution >= 4 is 45.9 Å². The minimum atomic E-state index is -2.82. The second kappa shape index (κ2) is 17.9. The highest BCUT2D eigenvalue weighted by molar-refractivity contribution is 7.22. The quantitative estimate of drug-likeness (QED) is 0.137. The molecule has 1 aliphatic heterocycles. The zero-order chi connectivity index (χ0) is 54.0. The van der Waals surface area contributed by atoms with Crippen molar-refractivity contribution in [2.45, 2.75) is 10.8 Å². The standard InChI is InChI=1S/C80H53NSi/c1-3-22-56(23-4-1)79(71-35-14-7-28-63(71)64-29-8-15-36-72(64)79)57-46-42-54(43-47-57)55-44-48-58(49-45-55)81(59-24-21-27-62(52-59)82(61-25-5-2-6-26-61)77-40-19-12-33-68(77)69-34-13-20-41-78(69)82)60-50-51-76-70(53-60)67-32-11-18-39-75(67)80(76)73-37-16-9-30-65(73)66-31-10-17-38-74(66)80/h1-53H. The van der Waals surface area contributed by atoms with Crippen molar-refractivity contribution in [1.82, 2.24) is 0 Å². The van der Waals surface area contributed by atoms with Gasteiger partial charge in [0.2, 0.25) is 0 Å². The van der Waals surface area contributed by atoms with Crippen LogP contribution in [0.3, 0.4) is 0 Å². The monoisotopic (exact) mass is 1060 g/mol. The number of nitrogens with zero attached hydrogens (tertiary/aromatic N) is 1. The molecule has 0 bridgehead atoms. The van der Waals surface area contributed by atoms with Gasteiger partial charge in [-0.05, 0) is 157 Å². The summed E-state index contributed by atoms with van der Waals surface area (Å²) >= 11 is 0. The van der Waals surface area contributed by atoms with E-state index in [4.69, 9.17) is 0 Å². The van der Waals surface area contributed by atoms with Crippen LogP contribution in [-0.4, -0.2) is 8.07 Å². The van der Waals surface area contributed by atoms with Gasteiger partial charge in [0.15, 0.2) is 8.07 Å². The highest BCUT2D eigenvalue weighted by Crippen LogP contribution is 2.63.